The number of ketones is 1. The van der Waals surface area contributed by atoms with E-state index in [0.717, 1.165) is 19.3 Å². The van der Waals surface area contributed by atoms with Crippen LogP contribution in [0.3, 0.4) is 0 Å². The molecule has 2 amide bonds. The van der Waals surface area contributed by atoms with Crippen molar-refractivity contribution in [2.45, 2.75) is 44.6 Å². The Kier molecular flexibility index (Phi) is 6.83. The predicted molar refractivity (Wildman–Crippen MR) is 137 cm³/mol. The summed E-state index contributed by atoms with van der Waals surface area (Å²) in [5.74, 6) is -0.624. The molecule has 1 saturated carbocycles. The molecule has 5 rings (SSSR count). The van der Waals surface area contributed by atoms with Crippen LogP contribution in [-0.2, 0) is 11.2 Å². The summed E-state index contributed by atoms with van der Waals surface area (Å²) in [6, 6.07) is 13.0. The monoisotopic (exact) mass is 502 g/mol. The number of benzene rings is 1. The third-order valence-electron chi connectivity index (χ3n) is 7.25. The summed E-state index contributed by atoms with van der Waals surface area (Å²) in [6.07, 6.45) is 9.26. The van der Waals surface area contributed by atoms with E-state index < -0.39 is 11.5 Å². The van der Waals surface area contributed by atoms with Crippen LogP contribution in [0.4, 0.5) is 5.69 Å². The molecule has 1 fully saturated rings. The van der Waals surface area contributed by atoms with Crippen LogP contribution in [0.1, 0.15) is 58.5 Å². The van der Waals surface area contributed by atoms with Gasteiger partial charge in [0.1, 0.15) is 6.04 Å². The second-order valence-corrected chi connectivity index (χ2v) is 10.00. The van der Waals surface area contributed by atoms with Gasteiger partial charge in [-0.1, -0.05) is 36.9 Å². The first-order valence-corrected chi connectivity index (χ1v) is 12.6. The molecule has 36 heavy (non-hydrogen) atoms. The number of carbonyl (C=O) groups is 3. The Hall–Kier alpha value is -3.58. The smallest absolute Gasteiger partial charge is 0.256 e. The van der Waals surface area contributed by atoms with Gasteiger partial charge in [-0.2, -0.15) is 0 Å². The van der Waals surface area contributed by atoms with Crippen LogP contribution >= 0.6 is 11.6 Å². The number of Topliss-reactive ketones (excluding diaryl/α,β-unsaturated/α-hetero) is 1. The van der Waals surface area contributed by atoms with Crippen LogP contribution in [0.25, 0.3) is 0 Å². The number of fused-ring (bicyclic) bond motifs is 1. The lowest BCUT2D eigenvalue weighted by Crippen LogP contribution is -2.53. The number of pyridine rings is 2. The van der Waals surface area contributed by atoms with Crippen molar-refractivity contribution in [2.24, 2.45) is 5.41 Å². The lowest BCUT2D eigenvalue weighted by Gasteiger charge is -2.41. The number of halogens is 1. The highest BCUT2D eigenvalue weighted by Gasteiger charge is 2.46. The van der Waals surface area contributed by atoms with Gasteiger partial charge in [-0.3, -0.25) is 24.4 Å². The number of carbonyl (C=O) groups excluding carboxylic acids is 3. The Labute approximate surface area is 214 Å². The molecule has 8 heteroatoms. The van der Waals surface area contributed by atoms with Gasteiger partial charge in [0.15, 0.2) is 5.78 Å². The van der Waals surface area contributed by atoms with Crippen LogP contribution < -0.4 is 5.32 Å². The summed E-state index contributed by atoms with van der Waals surface area (Å²) in [6.45, 7) is 0.153. The average molecular weight is 503 g/mol. The summed E-state index contributed by atoms with van der Waals surface area (Å²) in [4.78, 5) is 51.5. The van der Waals surface area contributed by atoms with E-state index in [9.17, 15) is 14.4 Å². The fraction of sp³-hybridized carbons (Fsp3) is 0.321. The van der Waals surface area contributed by atoms with Crippen LogP contribution in [0, 0.1) is 5.41 Å². The molecule has 3 heterocycles. The van der Waals surface area contributed by atoms with Crippen LogP contribution in [0.2, 0.25) is 5.02 Å². The van der Waals surface area contributed by atoms with E-state index in [4.69, 9.17) is 11.6 Å². The van der Waals surface area contributed by atoms with Gasteiger partial charge in [-0.25, -0.2) is 0 Å². The highest BCUT2D eigenvalue weighted by molar-refractivity contribution is 6.31. The number of rotatable bonds is 6. The first-order valence-electron chi connectivity index (χ1n) is 12.2. The molecule has 0 saturated heterocycles. The number of amides is 2. The molecule has 3 aromatic rings. The molecule has 1 aliphatic heterocycles. The van der Waals surface area contributed by atoms with Crippen LogP contribution in [0.15, 0.2) is 67.1 Å². The lowest BCUT2D eigenvalue weighted by molar-refractivity contribution is -0.120. The fourth-order valence-electron chi connectivity index (χ4n) is 5.38. The molecule has 0 unspecified atom stereocenters. The maximum atomic E-state index is 14.0. The van der Waals surface area contributed by atoms with Gasteiger partial charge in [0.05, 0.1) is 16.7 Å². The van der Waals surface area contributed by atoms with E-state index in [0.29, 0.717) is 40.4 Å². The van der Waals surface area contributed by atoms with Gasteiger partial charge < -0.3 is 10.2 Å². The fourth-order valence-corrected chi connectivity index (χ4v) is 5.56. The van der Waals surface area contributed by atoms with E-state index in [1.807, 2.05) is 18.2 Å². The maximum absolute atomic E-state index is 14.0. The van der Waals surface area contributed by atoms with Crippen molar-refractivity contribution in [3.05, 3.63) is 89.0 Å². The summed E-state index contributed by atoms with van der Waals surface area (Å²) in [5.41, 5.74) is 1.22. The molecule has 1 aromatic carbocycles. The summed E-state index contributed by atoms with van der Waals surface area (Å²) < 4.78 is 0. The summed E-state index contributed by atoms with van der Waals surface area (Å²) >= 11 is 6.18. The van der Waals surface area contributed by atoms with Gasteiger partial charge >= 0.3 is 0 Å². The molecular formula is C28H27ClN4O3. The summed E-state index contributed by atoms with van der Waals surface area (Å²) in [5, 5.41) is 3.32. The first kappa shape index (κ1) is 24.1. The minimum atomic E-state index is -0.831. The summed E-state index contributed by atoms with van der Waals surface area (Å²) in [7, 11) is 0. The third-order valence-corrected chi connectivity index (χ3v) is 7.48. The highest BCUT2D eigenvalue weighted by atomic mass is 35.5. The van der Waals surface area contributed by atoms with E-state index in [1.165, 1.54) is 0 Å². The third kappa shape index (κ3) is 4.75. The number of aromatic nitrogens is 2. The zero-order chi connectivity index (χ0) is 25.1. The van der Waals surface area contributed by atoms with Gasteiger partial charge in [0.25, 0.3) is 5.91 Å². The van der Waals surface area contributed by atoms with Crippen molar-refractivity contribution in [3.63, 3.8) is 0 Å². The molecule has 1 N–H and O–H groups in total. The van der Waals surface area contributed by atoms with Gasteiger partial charge in [-0.05, 0) is 55.3 Å². The molecule has 2 aliphatic rings. The standard InChI is InChI=1S/C28H27ClN4O3/c29-20-7-8-22-23(16-20)32-26(35)24(17-21-6-2-5-13-31-21)33(27(22)36)18-28(11-3-1-4-12-28)25(34)19-9-14-30-15-10-19/h2,5-10,13-16,24H,1,3-4,11-12,17-18H2,(H,32,35)/t24-/m1/s1. The second-order valence-electron chi connectivity index (χ2n) is 9.56. The minimum absolute atomic E-state index is 0.00466. The van der Waals surface area contributed by atoms with Crippen molar-refractivity contribution in [2.75, 3.05) is 11.9 Å². The number of hydrogen-bond donors (Lipinski definition) is 1. The molecule has 7 nitrogen and oxygen atoms in total. The number of nitrogens with zero attached hydrogens (tertiary/aromatic N) is 3. The van der Waals surface area contributed by atoms with E-state index in [-0.39, 0.29) is 30.6 Å². The molecule has 184 valence electrons. The van der Waals surface area contributed by atoms with Crippen molar-refractivity contribution in [1.29, 1.82) is 0 Å². The molecule has 1 aliphatic carbocycles. The predicted octanol–water partition coefficient (Wildman–Crippen LogP) is 4.97. The normalized spacial score (nSPS) is 19.2. The molecule has 0 bridgehead atoms. The molecule has 2 aromatic heterocycles. The maximum Gasteiger partial charge on any atom is 0.256 e. The Balaban J connectivity index is 1.58. The average Bonchev–Trinajstić information content (AvgIpc) is 2.99. The van der Waals surface area contributed by atoms with E-state index >= 15 is 0 Å². The lowest BCUT2D eigenvalue weighted by atomic mass is 9.69. The zero-order valence-corrected chi connectivity index (χ0v) is 20.6. The van der Waals surface area contributed by atoms with Gasteiger partial charge in [0, 0.05) is 47.8 Å². The Morgan fingerprint density at radius 2 is 1.81 bits per heavy atom. The van der Waals surface area contributed by atoms with E-state index in [1.54, 1.807) is 53.8 Å². The Morgan fingerprint density at radius 1 is 1.03 bits per heavy atom. The molecule has 1 atom stereocenters. The minimum Gasteiger partial charge on any atom is -0.325 e. The molecular weight excluding hydrogens is 476 g/mol. The first-order chi connectivity index (χ1) is 17.5. The van der Waals surface area contributed by atoms with Gasteiger partial charge in [0.2, 0.25) is 5.91 Å². The topological polar surface area (TPSA) is 92.3 Å². The molecule has 0 radical (unpaired) electrons. The van der Waals surface area contributed by atoms with Gasteiger partial charge in [-0.15, -0.1) is 0 Å². The second kappa shape index (κ2) is 10.2. The number of hydrogen-bond acceptors (Lipinski definition) is 5. The zero-order valence-electron chi connectivity index (χ0n) is 19.8. The van der Waals surface area contributed by atoms with Crippen LogP contribution in [-0.4, -0.2) is 45.1 Å². The van der Waals surface area contributed by atoms with Crippen molar-refractivity contribution in [3.8, 4) is 0 Å². The van der Waals surface area contributed by atoms with Crippen LogP contribution in [0.5, 0.6) is 0 Å². The SMILES string of the molecule is O=C1Nc2cc(Cl)ccc2C(=O)N(CC2(C(=O)c3ccncc3)CCCCC2)[C@@H]1Cc1ccccn1. The van der Waals surface area contributed by atoms with E-state index in [2.05, 4.69) is 15.3 Å². The van der Waals surface area contributed by atoms with Crippen molar-refractivity contribution in [1.82, 2.24) is 14.9 Å². The highest BCUT2D eigenvalue weighted by Crippen LogP contribution is 2.41. The largest absolute Gasteiger partial charge is 0.325 e. The quantitative estimate of drug-likeness (QED) is 0.480. The van der Waals surface area contributed by atoms with Crippen molar-refractivity contribution < 1.29 is 14.4 Å². The molecule has 0 spiro atoms. The van der Waals surface area contributed by atoms with Crippen molar-refractivity contribution >= 4 is 34.9 Å². The number of nitrogens with one attached hydrogen (secondary N) is 1. The Bertz CT molecular complexity index is 1280. The number of anilines is 1. The Morgan fingerprint density at radius 3 is 2.53 bits per heavy atom.